The summed E-state index contributed by atoms with van der Waals surface area (Å²) in [4.78, 5) is 0. The van der Waals surface area contributed by atoms with Crippen LogP contribution in [-0.4, -0.2) is 0 Å². The molecule has 248 valence electrons. The highest BCUT2D eigenvalue weighted by atomic mass is 32.1. The number of hydrogen-bond acceptors (Lipinski definition) is 2. The molecule has 0 unspecified atom stereocenters. The molecule has 11 rings (SSSR count). The van der Waals surface area contributed by atoms with Gasteiger partial charge in [0.25, 0.3) is 0 Å². The van der Waals surface area contributed by atoms with Crippen molar-refractivity contribution in [3.63, 3.8) is 0 Å². The van der Waals surface area contributed by atoms with Crippen molar-refractivity contribution in [3.05, 3.63) is 180 Å². The molecule has 0 radical (unpaired) electrons. The van der Waals surface area contributed by atoms with E-state index in [1.54, 1.807) is 11.3 Å². The maximum Gasteiger partial charge on any atom is 0.0434 e. The molecule has 0 amide bonds. The Morgan fingerprint density at radius 2 is 0.774 bits per heavy atom. The summed E-state index contributed by atoms with van der Waals surface area (Å²) < 4.78 is 2.64. The number of thiophene rings is 2. The molecule has 2 aromatic heterocycles. The minimum Gasteiger partial charge on any atom is -0.151 e. The van der Waals surface area contributed by atoms with Crippen LogP contribution < -0.4 is 0 Å². The molecule has 0 bridgehead atoms. The topological polar surface area (TPSA) is 0 Å². The van der Waals surface area contributed by atoms with E-state index in [-0.39, 0.29) is 0 Å². The Balaban J connectivity index is 1.24. The van der Waals surface area contributed by atoms with Gasteiger partial charge in [0.15, 0.2) is 0 Å². The molecule has 0 saturated heterocycles. The van der Waals surface area contributed by atoms with Crippen LogP contribution in [0.1, 0.15) is 5.56 Å². The fourth-order valence-electron chi connectivity index (χ4n) is 8.91. The number of benzene rings is 9. The Labute approximate surface area is 315 Å². The van der Waals surface area contributed by atoms with E-state index in [1.165, 1.54) is 113 Å². The molecule has 0 fully saturated rings. The third-order valence-electron chi connectivity index (χ3n) is 11.1. The molecule has 2 heterocycles. The summed E-state index contributed by atoms with van der Waals surface area (Å²) in [5, 5.41) is 17.6. The van der Waals surface area contributed by atoms with Crippen molar-refractivity contribution >= 4 is 85.9 Å². The van der Waals surface area contributed by atoms with Gasteiger partial charge in [-0.1, -0.05) is 158 Å². The number of aryl methyl sites for hydroxylation is 1. The second-order valence-corrected chi connectivity index (χ2v) is 15.8. The summed E-state index contributed by atoms with van der Waals surface area (Å²) in [6, 6.07) is 60.8. The van der Waals surface area contributed by atoms with Gasteiger partial charge in [-0.05, 0) is 111 Å². The van der Waals surface area contributed by atoms with Crippen molar-refractivity contribution in [2.75, 3.05) is 0 Å². The van der Waals surface area contributed by atoms with Gasteiger partial charge in [0.1, 0.15) is 0 Å². The fraction of sp³-hybridized carbons (Fsp3) is 0.0196. The second-order valence-electron chi connectivity index (χ2n) is 14.0. The lowest BCUT2D eigenvalue weighted by atomic mass is 9.84. The van der Waals surface area contributed by atoms with Crippen molar-refractivity contribution in [1.29, 1.82) is 0 Å². The Morgan fingerprint density at radius 3 is 1.30 bits per heavy atom. The quantitative estimate of drug-likeness (QED) is 0.160. The highest BCUT2D eigenvalue weighted by Gasteiger charge is 2.23. The Hall–Kier alpha value is -6.06. The molecule has 0 aliphatic carbocycles. The summed E-state index contributed by atoms with van der Waals surface area (Å²) in [6.07, 6.45) is 0. The van der Waals surface area contributed by atoms with Crippen LogP contribution in [0, 0.1) is 6.92 Å². The van der Waals surface area contributed by atoms with Crippen molar-refractivity contribution in [2.45, 2.75) is 6.92 Å². The van der Waals surface area contributed by atoms with E-state index in [4.69, 9.17) is 0 Å². The molecule has 11 aromatic rings. The predicted octanol–water partition coefficient (Wildman–Crippen LogP) is 15.7. The van der Waals surface area contributed by atoms with Gasteiger partial charge in [-0.3, -0.25) is 0 Å². The standard InChI is InChI=1S/C51H32S2/c1-31-29-52-30-44(31)49-39-23-11-9-21-37(39)48(38-22-10-12-24-40(38)49)42-26-13-27-43-50-41(25-14-28-45(50)53-51(42)43)47-35-19-7-5-17-33(35)46(32-15-3-2-4-16-32)34-18-6-8-20-36(34)47/h2-30H,1H3. The first kappa shape index (κ1) is 30.6. The van der Waals surface area contributed by atoms with Crippen LogP contribution in [0.3, 0.4) is 0 Å². The third kappa shape index (κ3) is 4.53. The Morgan fingerprint density at radius 1 is 0.340 bits per heavy atom. The van der Waals surface area contributed by atoms with Gasteiger partial charge in [0.2, 0.25) is 0 Å². The van der Waals surface area contributed by atoms with E-state index in [2.05, 4.69) is 181 Å². The van der Waals surface area contributed by atoms with Gasteiger partial charge >= 0.3 is 0 Å². The van der Waals surface area contributed by atoms with Gasteiger partial charge in [-0.2, -0.15) is 11.3 Å². The minimum absolute atomic E-state index is 1.25. The van der Waals surface area contributed by atoms with Crippen LogP contribution >= 0.6 is 22.7 Å². The zero-order valence-electron chi connectivity index (χ0n) is 29.1. The number of hydrogen-bond donors (Lipinski definition) is 0. The highest BCUT2D eigenvalue weighted by Crippen LogP contribution is 2.51. The first-order valence-corrected chi connectivity index (χ1v) is 19.9. The zero-order valence-corrected chi connectivity index (χ0v) is 30.7. The third-order valence-corrected chi connectivity index (χ3v) is 13.2. The molecular formula is C51H32S2. The smallest absolute Gasteiger partial charge is 0.0434 e. The Kier molecular flexibility index (Phi) is 6.92. The van der Waals surface area contributed by atoms with Crippen molar-refractivity contribution in [2.24, 2.45) is 0 Å². The van der Waals surface area contributed by atoms with E-state index >= 15 is 0 Å². The largest absolute Gasteiger partial charge is 0.151 e. The summed E-state index contributed by atoms with van der Waals surface area (Å²) >= 11 is 3.71. The van der Waals surface area contributed by atoms with Gasteiger partial charge in [-0.25, -0.2) is 0 Å². The molecule has 0 nitrogen and oxygen atoms in total. The van der Waals surface area contributed by atoms with Gasteiger partial charge in [-0.15, -0.1) is 11.3 Å². The summed E-state index contributed by atoms with van der Waals surface area (Å²) in [5.41, 5.74) is 11.7. The number of fused-ring (bicyclic) bond motifs is 7. The van der Waals surface area contributed by atoms with Crippen molar-refractivity contribution in [1.82, 2.24) is 0 Å². The molecule has 0 N–H and O–H groups in total. The van der Waals surface area contributed by atoms with Crippen LogP contribution in [0.4, 0.5) is 0 Å². The summed E-state index contributed by atoms with van der Waals surface area (Å²) in [6.45, 7) is 2.24. The Bertz CT molecular complexity index is 3120. The average molecular weight is 709 g/mol. The summed E-state index contributed by atoms with van der Waals surface area (Å²) in [5.74, 6) is 0. The molecule has 2 heteroatoms. The van der Waals surface area contributed by atoms with E-state index < -0.39 is 0 Å². The zero-order chi connectivity index (χ0) is 35.0. The van der Waals surface area contributed by atoms with Crippen LogP contribution in [0.2, 0.25) is 0 Å². The van der Waals surface area contributed by atoms with Crippen molar-refractivity contribution in [3.8, 4) is 44.5 Å². The predicted molar refractivity (Wildman–Crippen MR) is 234 cm³/mol. The minimum atomic E-state index is 1.25. The molecule has 0 aliphatic heterocycles. The van der Waals surface area contributed by atoms with E-state index in [0.717, 1.165) is 0 Å². The van der Waals surface area contributed by atoms with E-state index in [9.17, 15) is 0 Å². The monoisotopic (exact) mass is 708 g/mol. The molecule has 9 aromatic carbocycles. The number of rotatable bonds is 4. The maximum absolute atomic E-state index is 2.35. The van der Waals surface area contributed by atoms with Gasteiger partial charge in [0, 0.05) is 25.7 Å². The lowest BCUT2D eigenvalue weighted by molar-refractivity contribution is 1.55. The lowest BCUT2D eigenvalue weighted by Gasteiger charge is -2.18. The van der Waals surface area contributed by atoms with E-state index in [0.29, 0.717) is 0 Å². The molecular weight excluding hydrogens is 677 g/mol. The first-order valence-electron chi connectivity index (χ1n) is 18.2. The van der Waals surface area contributed by atoms with Crippen molar-refractivity contribution < 1.29 is 0 Å². The average Bonchev–Trinajstić information content (AvgIpc) is 3.82. The molecule has 0 atom stereocenters. The molecule has 0 spiro atoms. The van der Waals surface area contributed by atoms with Crippen LogP contribution in [0.15, 0.2) is 175 Å². The SMILES string of the molecule is Cc1cscc1-c1c2ccccc2c(-c2cccc3c2sc2cccc(-c4c5ccccc5c(-c5ccccc5)c5ccccc45)c23)c2ccccc12. The maximum atomic E-state index is 2.35. The summed E-state index contributed by atoms with van der Waals surface area (Å²) in [7, 11) is 0. The van der Waals surface area contributed by atoms with E-state index in [1.807, 2.05) is 11.3 Å². The molecule has 0 saturated carbocycles. The lowest BCUT2D eigenvalue weighted by Crippen LogP contribution is -1.91. The molecule has 0 aliphatic rings. The molecule has 53 heavy (non-hydrogen) atoms. The second kappa shape index (κ2) is 12.0. The fourth-order valence-corrected chi connectivity index (χ4v) is 11.0. The van der Waals surface area contributed by atoms with Gasteiger partial charge < -0.3 is 0 Å². The normalized spacial score (nSPS) is 11.9. The van der Waals surface area contributed by atoms with Crippen LogP contribution in [0.5, 0.6) is 0 Å². The van der Waals surface area contributed by atoms with Gasteiger partial charge in [0.05, 0.1) is 0 Å². The van der Waals surface area contributed by atoms with Crippen LogP contribution in [-0.2, 0) is 0 Å². The highest BCUT2D eigenvalue weighted by molar-refractivity contribution is 7.26. The first-order chi connectivity index (χ1) is 26.3. The van der Waals surface area contributed by atoms with Crippen LogP contribution in [0.25, 0.3) is 108 Å².